The van der Waals surface area contributed by atoms with Crippen LogP contribution >= 0.6 is 15.9 Å². The molecule has 13 heavy (non-hydrogen) atoms. The zero-order valence-electron chi connectivity index (χ0n) is 7.21. The maximum Gasteiger partial charge on any atom is 0.0910 e. The van der Waals surface area contributed by atoms with E-state index in [-0.39, 0.29) is 0 Å². The maximum absolute atomic E-state index is 9.35. The molecule has 1 aromatic heterocycles. The molecule has 0 amide bonds. The second kappa shape index (κ2) is 3.16. The van der Waals surface area contributed by atoms with Crippen LogP contribution in [0.15, 0.2) is 28.7 Å². The molecule has 1 atom stereocenters. The van der Waals surface area contributed by atoms with Gasteiger partial charge in [0, 0.05) is 21.1 Å². The first-order valence-corrected chi connectivity index (χ1v) is 4.92. The molecule has 0 fully saturated rings. The van der Waals surface area contributed by atoms with Crippen molar-refractivity contribution in [1.29, 1.82) is 0 Å². The van der Waals surface area contributed by atoms with Crippen LogP contribution in [0.5, 0.6) is 0 Å². The number of nitrogens with one attached hydrogen (secondary N) is 1. The molecular weight excluding hydrogens is 230 g/mol. The minimum absolute atomic E-state index is 0.439. The molecule has 3 heteroatoms. The van der Waals surface area contributed by atoms with Gasteiger partial charge in [-0.25, -0.2) is 0 Å². The summed E-state index contributed by atoms with van der Waals surface area (Å²) in [5.41, 5.74) is 1.91. The molecule has 0 saturated heterocycles. The smallest absolute Gasteiger partial charge is 0.0910 e. The van der Waals surface area contributed by atoms with Crippen molar-refractivity contribution in [2.45, 2.75) is 13.0 Å². The molecule has 0 spiro atoms. The van der Waals surface area contributed by atoms with E-state index in [1.165, 1.54) is 0 Å². The van der Waals surface area contributed by atoms with E-state index in [4.69, 9.17) is 0 Å². The average Bonchev–Trinajstić information content (AvgIpc) is 2.46. The van der Waals surface area contributed by atoms with Crippen LogP contribution in [-0.2, 0) is 0 Å². The molecule has 68 valence electrons. The Morgan fingerprint density at radius 3 is 2.85 bits per heavy atom. The fourth-order valence-corrected chi connectivity index (χ4v) is 1.73. The minimum atomic E-state index is -0.439. The number of fused-ring (bicyclic) bond motifs is 1. The third-order valence-electron chi connectivity index (χ3n) is 2.05. The van der Waals surface area contributed by atoms with Gasteiger partial charge < -0.3 is 10.1 Å². The summed E-state index contributed by atoms with van der Waals surface area (Å²) in [6.07, 6.45) is -0.439. The minimum Gasteiger partial charge on any atom is -0.387 e. The average molecular weight is 240 g/mol. The van der Waals surface area contributed by atoms with Crippen molar-refractivity contribution in [1.82, 2.24) is 4.98 Å². The molecule has 0 aliphatic heterocycles. The van der Waals surface area contributed by atoms with Crippen molar-refractivity contribution in [2.75, 3.05) is 0 Å². The summed E-state index contributed by atoms with van der Waals surface area (Å²) < 4.78 is 1.05. The third kappa shape index (κ3) is 1.62. The van der Waals surface area contributed by atoms with Crippen molar-refractivity contribution in [2.24, 2.45) is 0 Å². The molecule has 1 heterocycles. The molecule has 1 aromatic carbocycles. The fraction of sp³-hybridized carbons (Fsp3) is 0.200. The van der Waals surface area contributed by atoms with Gasteiger partial charge in [0.05, 0.1) is 6.10 Å². The molecule has 0 aliphatic rings. The van der Waals surface area contributed by atoms with E-state index in [9.17, 15) is 5.11 Å². The van der Waals surface area contributed by atoms with E-state index < -0.39 is 6.10 Å². The van der Waals surface area contributed by atoms with Gasteiger partial charge in [-0.05, 0) is 31.2 Å². The van der Waals surface area contributed by atoms with E-state index in [1.807, 2.05) is 24.3 Å². The molecule has 2 N–H and O–H groups in total. The Balaban J connectivity index is 2.62. The van der Waals surface area contributed by atoms with E-state index in [1.54, 1.807) is 6.92 Å². The second-order valence-electron chi connectivity index (χ2n) is 3.13. The second-order valence-corrected chi connectivity index (χ2v) is 4.05. The number of aromatic nitrogens is 1. The van der Waals surface area contributed by atoms with Crippen LogP contribution in [0.2, 0.25) is 0 Å². The molecule has 2 nitrogen and oxygen atoms in total. The summed E-state index contributed by atoms with van der Waals surface area (Å²) in [6, 6.07) is 7.96. The number of aliphatic hydroxyl groups excluding tert-OH is 1. The predicted molar refractivity (Wildman–Crippen MR) is 56.6 cm³/mol. The van der Waals surface area contributed by atoms with Crippen LogP contribution in [0, 0.1) is 0 Å². The largest absolute Gasteiger partial charge is 0.387 e. The van der Waals surface area contributed by atoms with E-state index >= 15 is 0 Å². The molecule has 0 radical (unpaired) electrons. The Hall–Kier alpha value is -0.800. The van der Waals surface area contributed by atoms with Crippen LogP contribution in [0.4, 0.5) is 0 Å². The van der Waals surface area contributed by atoms with E-state index in [0.29, 0.717) is 0 Å². The molecular formula is C10H10BrNO. The Kier molecular flexibility index (Phi) is 2.14. The quantitative estimate of drug-likeness (QED) is 0.789. The lowest BCUT2D eigenvalue weighted by atomic mass is 10.2. The third-order valence-corrected chi connectivity index (χ3v) is 2.55. The van der Waals surface area contributed by atoms with E-state index in [0.717, 1.165) is 21.1 Å². The van der Waals surface area contributed by atoms with Crippen molar-refractivity contribution in [3.63, 3.8) is 0 Å². The van der Waals surface area contributed by atoms with Crippen molar-refractivity contribution in [3.05, 3.63) is 34.4 Å². The molecule has 0 saturated carbocycles. The first kappa shape index (κ1) is 8.78. The van der Waals surface area contributed by atoms with Crippen LogP contribution in [0.1, 0.15) is 18.7 Å². The number of hydrogen-bond acceptors (Lipinski definition) is 1. The summed E-state index contributed by atoms with van der Waals surface area (Å²) in [5, 5.41) is 10.5. The summed E-state index contributed by atoms with van der Waals surface area (Å²) in [7, 11) is 0. The highest BCUT2D eigenvalue weighted by Gasteiger charge is 2.04. The lowest BCUT2D eigenvalue weighted by Gasteiger charge is -1.97. The fourth-order valence-electron chi connectivity index (χ4n) is 1.35. The SMILES string of the molecule is C[C@@H](O)c1cc2cc(Br)ccc2[nH]1. The van der Waals surface area contributed by atoms with Gasteiger partial charge >= 0.3 is 0 Å². The molecule has 2 rings (SSSR count). The Labute approximate surface area is 84.7 Å². The van der Waals surface area contributed by atoms with Crippen LogP contribution < -0.4 is 0 Å². The monoisotopic (exact) mass is 239 g/mol. The summed E-state index contributed by atoms with van der Waals surface area (Å²) in [4.78, 5) is 3.15. The zero-order valence-corrected chi connectivity index (χ0v) is 8.80. The topological polar surface area (TPSA) is 36.0 Å². The number of hydrogen-bond donors (Lipinski definition) is 2. The molecule has 0 aliphatic carbocycles. The number of aromatic amines is 1. The standard InChI is InChI=1S/C10H10BrNO/c1-6(13)10-5-7-4-8(11)2-3-9(7)12-10/h2-6,12-13H,1H3/t6-/m1/s1. The summed E-state index contributed by atoms with van der Waals surface area (Å²) in [5.74, 6) is 0. The normalized spacial score (nSPS) is 13.5. The number of benzene rings is 1. The van der Waals surface area contributed by atoms with Gasteiger partial charge in [0.2, 0.25) is 0 Å². The van der Waals surface area contributed by atoms with Gasteiger partial charge in [0.1, 0.15) is 0 Å². The number of aliphatic hydroxyl groups is 1. The Morgan fingerprint density at radius 1 is 1.38 bits per heavy atom. The van der Waals surface area contributed by atoms with Gasteiger partial charge in [-0.15, -0.1) is 0 Å². The zero-order chi connectivity index (χ0) is 9.42. The first-order chi connectivity index (χ1) is 6.16. The molecule has 2 aromatic rings. The van der Waals surface area contributed by atoms with Gasteiger partial charge in [0.25, 0.3) is 0 Å². The predicted octanol–water partition coefficient (Wildman–Crippen LogP) is 2.98. The lowest BCUT2D eigenvalue weighted by molar-refractivity contribution is 0.195. The highest BCUT2D eigenvalue weighted by Crippen LogP contribution is 2.22. The van der Waals surface area contributed by atoms with Gasteiger partial charge in [-0.1, -0.05) is 15.9 Å². The Morgan fingerprint density at radius 2 is 2.15 bits per heavy atom. The highest BCUT2D eigenvalue weighted by molar-refractivity contribution is 9.10. The first-order valence-electron chi connectivity index (χ1n) is 4.13. The lowest BCUT2D eigenvalue weighted by Crippen LogP contribution is -1.88. The summed E-state index contributed by atoms with van der Waals surface area (Å²) >= 11 is 3.40. The van der Waals surface area contributed by atoms with Crippen molar-refractivity contribution in [3.8, 4) is 0 Å². The van der Waals surface area contributed by atoms with Gasteiger partial charge in [-0.2, -0.15) is 0 Å². The van der Waals surface area contributed by atoms with Gasteiger partial charge in [-0.3, -0.25) is 0 Å². The maximum atomic E-state index is 9.35. The molecule has 0 unspecified atom stereocenters. The number of halogens is 1. The van der Waals surface area contributed by atoms with Crippen molar-refractivity contribution < 1.29 is 5.11 Å². The van der Waals surface area contributed by atoms with Crippen molar-refractivity contribution >= 4 is 26.8 Å². The van der Waals surface area contributed by atoms with Gasteiger partial charge in [0.15, 0.2) is 0 Å². The summed E-state index contributed by atoms with van der Waals surface area (Å²) in [6.45, 7) is 1.75. The Bertz CT molecular complexity index is 433. The van der Waals surface area contributed by atoms with Crippen LogP contribution in [0.3, 0.4) is 0 Å². The van der Waals surface area contributed by atoms with Crippen LogP contribution in [0.25, 0.3) is 10.9 Å². The number of H-pyrrole nitrogens is 1. The molecule has 0 bridgehead atoms. The highest BCUT2D eigenvalue weighted by atomic mass is 79.9. The number of rotatable bonds is 1. The van der Waals surface area contributed by atoms with E-state index in [2.05, 4.69) is 20.9 Å². The van der Waals surface area contributed by atoms with Crippen LogP contribution in [-0.4, -0.2) is 10.1 Å².